The summed E-state index contributed by atoms with van der Waals surface area (Å²) in [5, 5.41) is 0. The first-order chi connectivity index (χ1) is 10.2. The van der Waals surface area contributed by atoms with E-state index in [1.54, 1.807) is 0 Å². The lowest BCUT2D eigenvalue weighted by atomic mass is 10.2. The fraction of sp³-hybridized carbons (Fsp3) is 1.00. The smallest absolute Gasteiger partial charge is 0.165 e. The Kier molecular flexibility index (Phi) is 15.8. The van der Waals surface area contributed by atoms with E-state index in [0.29, 0.717) is 4.28 Å². The van der Waals surface area contributed by atoms with Gasteiger partial charge >= 0.3 is 0 Å². The summed E-state index contributed by atoms with van der Waals surface area (Å²) < 4.78 is 18.7. The van der Waals surface area contributed by atoms with Gasteiger partial charge in [0.1, 0.15) is 0 Å². The van der Waals surface area contributed by atoms with E-state index in [1.807, 2.05) is 0 Å². The molecule has 0 spiro atoms. The monoisotopic (exact) mass is 350 g/mol. The molecule has 0 saturated carbocycles. The molecule has 0 aromatic rings. The molecule has 0 fully saturated rings. The largest absolute Gasteiger partial charge is 0.424 e. The highest BCUT2D eigenvalue weighted by atomic mass is 28.4. The van der Waals surface area contributed by atoms with E-state index in [-0.39, 0.29) is 0 Å². The molecule has 0 N–H and O–H groups in total. The molecule has 0 aromatic heterocycles. The van der Waals surface area contributed by atoms with Gasteiger partial charge < -0.3 is 13.3 Å². The highest BCUT2D eigenvalue weighted by Gasteiger charge is 2.33. The van der Waals surface area contributed by atoms with E-state index < -0.39 is 29.3 Å². The van der Waals surface area contributed by atoms with Gasteiger partial charge in [0.15, 0.2) is 29.3 Å². The van der Waals surface area contributed by atoms with Crippen LogP contribution in [0, 0.1) is 0 Å². The van der Waals surface area contributed by atoms with Gasteiger partial charge in [-0.05, 0) is 25.7 Å². The minimum Gasteiger partial charge on any atom is -0.424 e. The van der Waals surface area contributed by atoms with Crippen LogP contribution in [0.25, 0.3) is 0 Å². The first-order valence-electron chi connectivity index (χ1n) is 8.97. The predicted octanol–water partition coefficient (Wildman–Crippen LogP) is 2.17. The fourth-order valence-electron chi connectivity index (χ4n) is 2.39. The van der Waals surface area contributed by atoms with Gasteiger partial charge in [0.2, 0.25) is 0 Å². The normalized spacial score (nSPS) is 16.0. The number of rotatable bonds is 16. The second kappa shape index (κ2) is 15.4. The topological polar surface area (TPSA) is 27.7 Å². The van der Waals surface area contributed by atoms with Crippen LogP contribution in [0.3, 0.4) is 0 Å². The van der Waals surface area contributed by atoms with E-state index in [9.17, 15) is 0 Å². The molecule has 0 unspecified atom stereocenters. The number of hydrogen-bond donors (Lipinski definition) is 0. The summed E-state index contributed by atoms with van der Waals surface area (Å²) in [5.41, 5.74) is 0. The second-order valence-electron chi connectivity index (χ2n) is 6.11. The van der Waals surface area contributed by atoms with E-state index in [0.717, 1.165) is 39.1 Å². The van der Waals surface area contributed by atoms with Gasteiger partial charge in [0, 0.05) is 24.1 Å². The van der Waals surface area contributed by atoms with E-state index >= 15 is 0 Å². The third-order valence-corrected chi connectivity index (χ3v) is 11.6. The first kappa shape index (κ1) is 21.5. The molecule has 0 bridgehead atoms. The third-order valence-electron chi connectivity index (χ3n) is 3.58. The molecule has 0 amide bonds. The van der Waals surface area contributed by atoms with Crippen LogP contribution in [-0.4, -0.2) is 49.1 Å². The molecule has 0 aliphatic rings. The Morgan fingerprint density at radius 2 is 1.05 bits per heavy atom. The Morgan fingerprint density at radius 3 is 1.38 bits per heavy atom. The van der Waals surface area contributed by atoms with Crippen LogP contribution in [0.1, 0.15) is 72.6 Å². The Balaban J connectivity index is 4.52. The second-order valence-corrected chi connectivity index (χ2v) is 15.7. The third kappa shape index (κ3) is 11.7. The standard InChI is InChI=1S/C15H38O3Si3/c1-5-9-10-11-15(19-16-12-6-2,20-17-13-7-3)21-18-14-8-4/h5-14,19-21H2,1-4H3. The fourth-order valence-corrected chi connectivity index (χ4v) is 9.77. The molecule has 0 radical (unpaired) electrons. The van der Waals surface area contributed by atoms with Crippen LogP contribution in [0.4, 0.5) is 0 Å². The minimum atomic E-state index is -0.503. The van der Waals surface area contributed by atoms with Crippen molar-refractivity contribution in [3.8, 4) is 0 Å². The van der Waals surface area contributed by atoms with Gasteiger partial charge in [0.25, 0.3) is 0 Å². The van der Waals surface area contributed by atoms with Crippen molar-refractivity contribution in [3.63, 3.8) is 0 Å². The number of hydrogen-bond acceptors (Lipinski definition) is 3. The van der Waals surface area contributed by atoms with Crippen molar-refractivity contribution in [2.75, 3.05) is 19.8 Å². The summed E-state index contributed by atoms with van der Waals surface area (Å²) in [6.07, 6.45) is 8.69. The van der Waals surface area contributed by atoms with Crippen molar-refractivity contribution in [3.05, 3.63) is 0 Å². The van der Waals surface area contributed by atoms with E-state index in [4.69, 9.17) is 13.3 Å². The highest BCUT2D eigenvalue weighted by Crippen LogP contribution is 2.30. The lowest BCUT2D eigenvalue weighted by Gasteiger charge is -2.31. The Labute approximate surface area is 139 Å². The lowest BCUT2D eigenvalue weighted by Crippen LogP contribution is -2.38. The zero-order valence-corrected chi connectivity index (χ0v) is 19.2. The maximum Gasteiger partial charge on any atom is 0.165 e. The molecule has 0 aromatic carbocycles. The number of unbranched alkanes of at least 4 members (excludes halogenated alkanes) is 2. The molecular weight excluding hydrogens is 312 g/mol. The van der Waals surface area contributed by atoms with Crippen molar-refractivity contribution in [2.24, 2.45) is 0 Å². The molecule has 0 aliphatic heterocycles. The van der Waals surface area contributed by atoms with Crippen LogP contribution in [0.2, 0.25) is 4.28 Å². The summed E-state index contributed by atoms with van der Waals surface area (Å²) in [7, 11) is -1.51. The quantitative estimate of drug-likeness (QED) is 0.315. The van der Waals surface area contributed by atoms with Crippen molar-refractivity contribution >= 4 is 29.3 Å². The van der Waals surface area contributed by atoms with Crippen molar-refractivity contribution in [2.45, 2.75) is 76.9 Å². The van der Waals surface area contributed by atoms with Crippen LogP contribution in [0.5, 0.6) is 0 Å². The van der Waals surface area contributed by atoms with Crippen LogP contribution in [0.15, 0.2) is 0 Å². The van der Waals surface area contributed by atoms with E-state index in [1.165, 1.54) is 25.7 Å². The first-order valence-corrected chi connectivity index (χ1v) is 12.8. The van der Waals surface area contributed by atoms with Crippen LogP contribution >= 0.6 is 0 Å². The molecule has 0 atom stereocenters. The van der Waals surface area contributed by atoms with Gasteiger partial charge in [-0.3, -0.25) is 0 Å². The highest BCUT2D eigenvalue weighted by molar-refractivity contribution is 6.74. The molecule has 0 heterocycles. The Hall–Kier alpha value is 0.531. The summed E-state index contributed by atoms with van der Waals surface area (Å²) in [5.74, 6) is 0. The van der Waals surface area contributed by atoms with Gasteiger partial charge in [-0.2, -0.15) is 0 Å². The van der Waals surface area contributed by atoms with Gasteiger partial charge in [0.05, 0.1) is 0 Å². The van der Waals surface area contributed by atoms with Gasteiger partial charge in [-0.15, -0.1) is 0 Å². The predicted molar refractivity (Wildman–Crippen MR) is 101 cm³/mol. The zero-order valence-electron chi connectivity index (χ0n) is 14.9. The van der Waals surface area contributed by atoms with Crippen molar-refractivity contribution in [1.82, 2.24) is 0 Å². The van der Waals surface area contributed by atoms with Crippen molar-refractivity contribution < 1.29 is 13.3 Å². The molecule has 21 heavy (non-hydrogen) atoms. The molecule has 0 saturated heterocycles. The maximum atomic E-state index is 6.09. The summed E-state index contributed by atoms with van der Waals surface area (Å²) >= 11 is 0. The Morgan fingerprint density at radius 1 is 0.619 bits per heavy atom. The minimum absolute atomic E-state index is 0.453. The molecule has 3 nitrogen and oxygen atoms in total. The average molecular weight is 351 g/mol. The Bertz CT molecular complexity index is 173. The summed E-state index contributed by atoms with van der Waals surface area (Å²) in [6, 6.07) is 0. The van der Waals surface area contributed by atoms with Gasteiger partial charge in [-0.25, -0.2) is 0 Å². The van der Waals surface area contributed by atoms with Crippen molar-refractivity contribution in [1.29, 1.82) is 0 Å². The molecule has 6 heteroatoms. The lowest BCUT2D eigenvalue weighted by molar-refractivity contribution is 0.292. The maximum absolute atomic E-state index is 6.09. The molecular formula is C15H38O3Si3. The van der Waals surface area contributed by atoms with Gasteiger partial charge in [-0.1, -0.05) is 47.0 Å². The molecule has 0 rings (SSSR count). The average Bonchev–Trinajstić information content (AvgIpc) is 2.48. The van der Waals surface area contributed by atoms with Crippen LogP contribution < -0.4 is 0 Å². The van der Waals surface area contributed by atoms with Crippen LogP contribution in [-0.2, 0) is 13.3 Å². The SMILES string of the molecule is CCCCCC([SiH2]OCCC)([SiH2]OCCC)[SiH2]OCCC. The summed E-state index contributed by atoms with van der Waals surface area (Å²) in [4.78, 5) is 0. The van der Waals surface area contributed by atoms with E-state index in [2.05, 4.69) is 27.7 Å². The summed E-state index contributed by atoms with van der Waals surface area (Å²) in [6.45, 7) is 11.7. The molecule has 0 aliphatic carbocycles. The molecule has 128 valence electrons. The zero-order chi connectivity index (χ0) is 15.8.